The molecular formula is C16H24N2O4S. The number of carbonyl (C=O) groups is 1. The Morgan fingerprint density at radius 2 is 1.74 bits per heavy atom. The summed E-state index contributed by atoms with van der Waals surface area (Å²) < 4.78 is 32.7. The van der Waals surface area contributed by atoms with Crippen molar-refractivity contribution in [2.24, 2.45) is 0 Å². The number of benzene rings is 1. The Kier molecular flexibility index (Phi) is 5.31. The number of hydrogen-bond acceptors (Lipinski definition) is 4. The van der Waals surface area contributed by atoms with E-state index >= 15 is 0 Å². The summed E-state index contributed by atoms with van der Waals surface area (Å²) in [7, 11) is -2.17. The summed E-state index contributed by atoms with van der Waals surface area (Å²) >= 11 is 0. The van der Waals surface area contributed by atoms with Crippen molar-refractivity contribution in [1.82, 2.24) is 9.21 Å². The van der Waals surface area contributed by atoms with Gasteiger partial charge < -0.3 is 9.64 Å². The molecule has 0 radical (unpaired) electrons. The molecule has 1 aromatic rings. The third-order valence-corrected chi connectivity index (χ3v) is 6.22. The van der Waals surface area contributed by atoms with Crippen LogP contribution in [0.5, 0.6) is 5.75 Å². The van der Waals surface area contributed by atoms with E-state index in [-0.39, 0.29) is 10.8 Å². The molecule has 0 unspecified atom stereocenters. The monoisotopic (exact) mass is 340 g/mol. The predicted octanol–water partition coefficient (Wildman–Crippen LogP) is 1.55. The number of sulfonamides is 1. The summed E-state index contributed by atoms with van der Waals surface area (Å²) in [6.07, 6.45) is 0.631. The first kappa shape index (κ1) is 17.7. The Bertz CT molecular complexity index is 700. The van der Waals surface area contributed by atoms with E-state index in [0.717, 1.165) is 11.1 Å². The Morgan fingerprint density at radius 3 is 2.35 bits per heavy atom. The summed E-state index contributed by atoms with van der Waals surface area (Å²) in [5, 5.41) is 0. The average Bonchev–Trinajstić information content (AvgIpc) is 2.76. The minimum absolute atomic E-state index is 0.0204. The van der Waals surface area contributed by atoms with Crippen LogP contribution in [0.1, 0.15) is 24.5 Å². The molecule has 0 aromatic heterocycles. The second kappa shape index (κ2) is 6.88. The molecule has 1 aliphatic rings. The largest absolute Gasteiger partial charge is 0.495 e. The highest BCUT2D eigenvalue weighted by Crippen LogP contribution is 2.30. The third kappa shape index (κ3) is 3.67. The molecule has 0 N–H and O–H groups in total. The minimum Gasteiger partial charge on any atom is -0.495 e. The summed E-state index contributed by atoms with van der Waals surface area (Å²) in [6, 6.07) is 3.42. The molecule has 0 spiro atoms. The standard InChI is InChI=1S/C16H24N2O4S/c1-12-10-15(22-4)16(11-13(12)2)23(20,21)18-7-5-6-17(8-9-18)14(3)19/h10-11H,5-9H2,1-4H3. The van der Waals surface area contributed by atoms with E-state index in [1.54, 1.807) is 17.0 Å². The SMILES string of the molecule is COc1cc(C)c(C)cc1S(=O)(=O)N1CCCN(C(C)=O)CC1. The van der Waals surface area contributed by atoms with E-state index in [4.69, 9.17) is 4.74 Å². The molecule has 0 aliphatic carbocycles. The zero-order valence-corrected chi connectivity index (χ0v) is 14.9. The molecule has 1 amide bonds. The van der Waals surface area contributed by atoms with E-state index in [1.165, 1.54) is 18.3 Å². The third-order valence-electron chi connectivity index (χ3n) is 4.30. The highest BCUT2D eigenvalue weighted by Gasteiger charge is 2.30. The fourth-order valence-corrected chi connectivity index (χ4v) is 4.40. The van der Waals surface area contributed by atoms with E-state index < -0.39 is 10.0 Å². The van der Waals surface area contributed by atoms with Gasteiger partial charge >= 0.3 is 0 Å². The van der Waals surface area contributed by atoms with Crippen molar-refractivity contribution in [3.8, 4) is 5.75 Å². The maximum absolute atomic E-state index is 13.0. The van der Waals surface area contributed by atoms with Crippen LogP contribution in [0.3, 0.4) is 0 Å². The Morgan fingerprint density at radius 1 is 1.09 bits per heavy atom. The van der Waals surface area contributed by atoms with Crippen LogP contribution in [-0.4, -0.2) is 56.8 Å². The lowest BCUT2D eigenvalue weighted by Crippen LogP contribution is -2.36. The van der Waals surface area contributed by atoms with E-state index in [1.807, 2.05) is 13.8 Å². The molecule has 6 nitrogen and oxygen atoms in total. The second-order valence-electron chi connectivity index (χ2n) is 5.85. The zero-order chi connectivity index (χ0) is 17.2. The normalized spacial score (nSPS) is 17.0. The van der Waals surface area contributed by atoms with Crippen LogP contribution in [0.25, 0.3) is 0 Å². The fraction of sp³-hybridized carbons (Fsp3) is 0.562. The summed E-state index contributed by atoms with van der Waals surface area (Å²) in [6.45, 7) is 7.03. The molecule has 0 bridgehead atoms. The zero-order valence-electron chi connectivity index (χ0n) is 14.1. The molecule has 128 valence electrons. The van der Waals surface area contributed by atoms with E-state index in [9.17, 15) is 13.2 Å². The molecular weight excluding hydrogens is 316 g/mol. The molecule has 2 rings (SSSR count). The van der Waals surface area contributed by atoms with Crippen LogP contribution in [-0.2, 0) is 14.8 Å². The van der Waals surface area contributed by atoms with Crippen molar-refractivity contribution < 1.29 is 17.9 Å². The predicted molar refractivity (Wildman–Crippen MR) is 88.1 cm³/mol. The van der Waals surface area contributed by atoms with Gasteiger partial charge in [-0.25, -0.2) is 8.42 Å². The highest BCUT2D eigenvalue weighted by atomic mass is 32.2. The number of nitrogens with zero attached hydrogens (tertiary/aromatic N) is 2. The molecule has 0 atom stereocenters. The smallest absolute Gasteiger partial charge is 0.246 e. The van der Waals surface area contributed by atoms with Gasteiger partial charge in [0.15, 0.2) is 0 Å². The van der Waals surface area contributed by atoms with Gasteiger partial charge in [-0.15, -0.1) is 0 Å². The van der Waals surface area contributed by atoms with Gasteiger partial charge in [-0.2, -0.15) is 4.31 Å². The lowest BCUT2D eigenvalue weighted by Gasteiger charge is -2.22. The van der Waals surface area contributed by atoms with Gasteiger partial charge in [-0.3, -0.25) is 4.79 Å². The van der Waals surface area contributed by atoms with Crippen molar-refractivity contribution in [3.05, 3.63) is 23.3 Å². The first-order chi connectivity index (χ1) is 10.8. The molecule has 7 heteroatoms. The number of ether oxygens (including phenoxy) is 1. The number of hydrogen-bond donors (Lipinski definition) is 0. The van der Waals surface area contributed by atoms with Gasteiger partial charge in [-0.1, -0.05) is 0 Å². The Hall–Kier alpha value is -1.60. The van der Waals surface area contributed by atoms with Crippen LogP contribution in [0.2, 0.25) is 0 Å². The number of methoxy groups -OCH3 is 1. The summed E-state index contributed by atoms with van der Waals surface area (Å²) in [4.78, 5) is 13.4. The summed E-state index contributed by atoms with van der Waals surface area (Å²) in [5.41, 5.74) is 1.89. The maximum atomic E-state index is 13.0. The first-order valence-electron chi connectivity index (χ1n) is 7.68. The number of amides is 1. The Balaban J connectivity index is 2.35. The van der Waals surface area contributed by atoms with Crippen molar-refractivity contribution >= 4 is 15.9 Å². The van der Waals surface area contributed by atoms with Crippen LogP contribution in [0.4, 0.5) is 0 Å². The number of carbonyl (C=O) groups excluding carboxylic acids is 1. The first-order valence-corrected chi connectivity index (χ1v) is 9.12. The summed E-state index contributed by atoms with van der Waals surface area (Å²) in [5.74, 6) is 0.341. The van der Waals surface area contributed by atoms with Crippen LogP contribution in [0.15, 0.2) is 17.0 Å². The number of aryl methyl sites for hydroxylation is 2. The number of rotatable bonds is 3. The van der Waals surface area contributed by atoms with Crippen molar-refractivity contribution in [1.29, 1.82) is 0 Å². The van der Waals surface area contributed by atoms with Crippen molar-refractivity contribution in [2.75, 3.05) is 33.3 Å². The van der Waals surface area contributed by atoms with Crippen molar-refractivity contribution in [3.63, 3.8) is 0 Å². The average molecular weight is 340 g/mol. The fourth-order valence-electron chi connectivity index (χ4n) is 2.71. The molecule has 0 saturated carbocycles. The van der Waals surface area contributed by atoms with Gasteiger partial charge in [0.25, 0.3) is 0 Å². The maximum Gasteiger partial charge on any atom is 0.246 e. The molecule has 1 aromatic carbocycles. The Labute approximate surface area is 138 Å². The van der Waals surface area contributed by atoms with Gasteiger partial charge in [0.05, 0.1) is 7.11 Å². The van der Waals surface area contributed by atoms with Crippen LogP contribution >= 0.6 is 0 Å². The topological polar surface area (TPSA) is 66.9 Å². The lowest BCUT2D eigenvalue weighted by molar-refractivity contribution is -0.128. The molecule has 1 saturated heterocycles. The van der Waals surface area contributed by atoms with Gasteiger partial charge in [0.1, 0.15) is 10.6 Å². The molecule has 1 aliphatic heterocycles. The molecule has 1 heterocycles. The van der Waals surface area contributed by atoms with Gasteiger partial charge in [0.2, 0.25) is 15.9 Å². The quantitative estimate of drug-likeness (QED) is 0.837. The highest BCUT2D eigenvalue weighted by molar-refractivity contribution is 7.89. The van der Waals surface area contributed by atoms with Crippen molar-refractivity contribution in [2.45, 2.75) is 32.1 Å². The van der Waals surface area contributed by atoms with Crippen LogP contribution < -0.4 is 4.74 Å². The minimum atomic E-state index is -3.65. The second-order valence-corrected chi connectivity index (χ2v) is 7.76. The van der Waals surface area contributed by atoms with E-state index in [0.29, 0.717) is 38.3 Å². The molecule has 23 heavy (non-hydrogen) atoms. The molecule has 1 fully saturated rings. The van der Waals surface area contributed by atoms with Crippen LogP contribution in [0, 0.1) is 13.8 Å². The lowest BCUT2D eigenvalue weighted by atomic mass is 10.1. The van der Waals surface area contributed by atoms with Gasteiger partial charge in [0, 0.05) is 33.1 Å². The van der Waals surface area contributed by atoms with E-state index in [2.05, 4.69) is 0 Å². The van der Waals surface area contributed by atoms with Gasteiger partial charge in [-0.05, 0) is 43.5 Å².